The Morgan fingerprint density at radius 1 is 1.15 bits per heavy atom. The third-order valence-electron chi connectivity index (χ3n) is 3.85. The van der Waals surface area contributed by atoms with Crippen LogP contribution in [-0.2, 0) is 16.1 Å². The number of carbonyl (C=O) groups is 1. The minimum atomic E-state index is -1.25. The Labute approximate surface area is 159 Å². The highest BCUT2D eigenvalue weighted by Gasteiger charge is 2.32. The minimum Gasteiger partial charge on any atom is -0.508 e. The van der Waals surface area contributed by atoms with Gasteiger partial charge in [-0.25, -0.2) is 9.59 Å². The van der Waals surface area contributed by atoms with Crippen LogP contribution in [0.25, 0.3) is 11.0 Å². The lowest BCUT2D eigenvalue weighted by molar-refractivity contribution is -0.160. The lowest BCUT2D eigenvalue weighted by atomic mass is 10.1. The molecule has 0 amide bonds. The van der Waals surface area contributed by atoms with Crippen molar-refractivity contribution in [1.82, 2.24) is 0 Å². The van der Waals surface area contributed by atoms with Crippen molar-refractivity contribution in [1.29, 1.82) is 0 Å². The van der Waals surface area contributed by atoms with E-state index < -0.39 is 17.2 Å². The van der Waals surface area contributed by atoms with Gasteiger partial charge in [-0.2, -0.15) is 0 Å². The second-order valence-corrected chi connectivity index (χ2v) is 6.85. The van der Waals surface area contributed by atoms with E-state index in [9.17, 15) is 14.7 Å². The van der Waals surface area contributed by atoms with Crippen LogP contribution in [0.4, 0.5) is 0 Å². The molecule has 140 valence electrons. The molecule has 0 aliphatic carbocycles. The van der Waals surface area contributed by atoms with E-state index in [0.29, 0.717) is 21.7 Å². The maximum atomic E-state index is 12.5. The third kappa shape index (κ3) is 4.41. The van der Waals surface area contributed by atoms with Crippen LogP contribution >= 0.6 is 11.6 Å². The fourth-order valence-electron chi connectivity index (χ4n) is 2.49. The molecule has 0 spiro atoms. The third-order valence-corrected chi connectivity index (χ3v) is 4.10. The number of rotatable bonds is 5. The highest BCUT2D eigenvalue weighted by atomic mass is 35.5. The first-order valence-electron chi connectivity index (χ1n) is 8.12. The van der Waals surface area contributed by atoms with Crippen molar-refractivity contribution in [2.45, 2.75) is 26.1 Å². The van der Waals surface area contributed by atoms with Gasteiger partial charge < -0.3 is 19.0 Å². The summed E-state index contributed by atoms with van der Waals surface area (Å²) in [5.41, 5.74) is -1.17. The molecule has 7 heteroatoms. The Morgan fingerprint density at radius 3 is 2.56 bits per heavy atom. The summed E-state index contributed by atoms with van der Waals surface area (Å²) in [6, 6.07) is 12.2. The van der Waals surface area contributed by atoms with Crippen molar-refractivity contribution < 1.29 is 23.8 Å². The first-order chi connectivity index (χ1) is 12.7. The summed E-state index contributed by atoms with van der Waals surface area (Å²) in [5.74, 6) is -0.155. The van der Waals surface area contributed by atoms with E-state index in [-0.39, 0.29) is 17.9 Å². The van der Waals surface area contributed by atoms with E-state index in [1.807, 2.05) is 0 Å². The van der Waals surface area contributed by atoms with Crippen LogP contribution in [-0.4, -0.2) is 16.7 Å². The van der Waals surface area contributed by atoms with Crippen molar-refractivity contribution in [3.8, 4) is 11.5 Å². The molecule has 0 saturated carbocycles. The fourth-order valence-corrected chi connectivity index (χ4v) is 2.62. The monoisotopic (exact) mass is 388 g/mol. The molecule has 27 heavy (non-hydrogen) atoms. The number of hydrogen-bond acceptors (Lipinski definition) is 6. The van der Waals surface area contributed by atoms with Crippen molar-refractivity contribution in [3.63, 3.8) is 0 Å². The van der Waals surface area contributed by atoms with Gasteiger partial charge in [0, 0.05) is 28.1 Å². The maximum Gasteiger partial charge on any atom is 0.350 e. The molecule has 0 radical (unpaired) electrons. The van der Waals surface area contributed by atoms with E-state index in [1.54, 1.807) is 44.2 Å². The zero-order chi connectivity index (χ0) is 19.6. The van der Waals surface area contributed by atoms with Gasteiger partial charge in [0.2, 0.25) is 0 Å². The second-order valence-electron chi connectivity index (χ2n) is 6.41. The van der Waals surface area contributed by atoms with Crippen molar-refractivity contribution in [3.05, 3.63) is 69.5 Å². The molecule has 0 saturated heterocycles. The number of esters is 1. The summed E-state index contributed by atoms with van der Waals surface area (Å²) in [4.78, 5) is 24.2. The average Bonchev–Trinajstić information content (AvgIpc) is 2.60. The number of carbonyl (C=O) groups excluding carboxylic acids is 1. The van der Waals surface area contributed by atoms with Crippen LogP contribution in [0.3, 0.4) is 0 Å². The molecule has 0 fully saturated rings. The largest absolute Gasteiger partial charge is 0.508 e. The molecule has 2 aromatic carbocycles. The molecule has 0 atom stereocenters. The number of ether oxygens (including phenoxy) is 2. The molecular formula is C20H17ClO6. The molecule has 3 rings (SSSR count). The number of benzene rings is 2. The second kappa shape index (κ2) is 7.32. The summed E-state index contributed by atoms with van der Waals surface area (Å²) in [6.07, 6.45) is 0. The van der Waals surface area contributed by atoms with Gasteiger partial charge in [-0.1, -0.05) is 11.6 Å². The smallest absolute Gasteiger partial charge is 0.350 e. The molecule has 0 unspecified atom stereocenters. The van der Waals surface area contributed by atoms with E-state index in [0.717, 1.165) is 0 Å². The molecule has 0 aliphatic rings. The normalized spacial score (nSPS) is 11.4. The summed E-state index contributed by atoms with van der Waals surface area (Å²) in [5, 5.41) is 10.6. The van der Waals surface area contributed by atoms with Gasteiger partial charge >= 0.3 is 11.6 Å². The minimum absolute atomic E-state index is 0.0303. The highest BCUT2D eigenvalue weighted by Crippen LogP contribution is 2.24. The van der Waals surface area contributed by atoms with Crippen LogP contribution in [0.2, 0.25) is 5.02 Å². The van der Waals surface area contributed by atoms with Gasteiger partial charge in [0.15, 0.2) is 5.60 Å². The summed E-state index contributed by atoms with van der Waals surface area (Å²) >= 11 is 5.84. The quantitative estimate of drug-likeness (QED) is 0.524. The number of phenolic OH excluding ortho intramolecular Hbond substituents is 1. The zero-order valence-electron chi connectivity index (χ0n) is 14.7. The van der Waals surface area contributed by atoms with Gasteiger partial charge in [-0.3, -0.25) is 0 Å². The van der Waals surface area contributed by atoms with Crippen molar-refractivity contribution in [2.75, 3.05) is 0 Å². The molecular weight excluding hydrogens is 372 g/mol. The van der Waals surface area contributed by atoms with Gasteiger partial charge in [0.25, 0.3) is 0 Å². The Balaban J connectivity index is 1.75. The molecule has 0 bridgehead atoms. The predicted octanol–water partition coefficient (Wildman–Crippen LogP) is 4.05. The highest BCUT2D eigenvalue weighted by molar-refractivity contribution is 6.30. The number of hydrogen-bond donors (Lipinski definition) is 1. The molecule has 1 N–H and O–H groups in total. The van der Waals surface area contributed by atoms with Crippen LogP contribution < -0.4 is 10.4 Å². The number of aromatic hydroxyl groups is 1. The molecule has 1 aromatic heterocycles. The summed E-state index contributed by atoms with van der Waals surface area (Å²) < 4.78 is 16.1. The van der Waals surface area contributed by atoms with Gasteiger partial charge in [-0.15, -0.1) is 0 Å². The Hall–Kier alpha value is -2.99. The Bertz CT molecular complexity index is 1040. The Morgan fingerprint density at radius 2 is 1.85 bits per heavy atom. The van der Waals surface area contributed by atoms with E-state index >= 15 is 0 Å². The van der Waals surface area contributed by atoms with Crippen LogP contribution in [0.15, 0.2) is 57.7 Å². The van der Waals surface area contributed by atoms with Gasteiger partial charge in [0.05, 0.1) is 0 Å². The number of fused-ring (bicyclic) bond motifs is 1. The summed E-state index contributed by atoms with van der Waals surface area (Å²) in [6.45, 7) is 3.03. The molecule has 0 aliphatic heterocycles. The number of phenols is 1. The molecule has 1 heterocycles. The first kappa shape index (κ1) is 18.8. The van der Waals surface area contributed by atoms with Crippen LogP contribution in [0.5, 0.6) is 11.5 Å². The lowest BCUT2D eigenvalue weighted by Crippen LogP contribution is -2.39. The van der Waals surface area contributed by atoms with Crippen molar-refractivity contribution in [2.24, 2.45) is 0 Å². The van der Waals surface area contributed by atoms with Crippen molar-refractivity contribution >= 4 is 28.5 Å². The molecule has 3 aromatic rings. The maximum absolute atomic E-state index is 12.5. The topological polar surface area (TPSA) is 86.0 Å². The SMILES string of the molecule is CC(C)(Oc1ccc(Cl)cc1)C(=O)OCc1cc(=O)oc2cc(O)ccc12. The number of halogens is 1. The van der Waals surface area contributed by atoms with E-state index in [1.165, 1.54) is 18.2 Å². The standard InChI is InChI=1S/C20H17ClO6/c1-20(2,27-15-6-3-13(21)4-7-15)19(24)25-11-12-9-18(23)26-17-10-14(22)5-8-16(12)17/h3-10,22H,11H2,1-2H3. The Kier molecular flexibility index (Phi) is 5.10. The average molecular weight is 389 g/mol. The molecule has 6 nitrogen and oxygen atoms in total. The zero-order valence-corrected chi connectivity index (χ0v) is 15.4. The van der Waals surface area contributed by atoms with Crippen LogP contribution in [0, 0.1) is 0 Å². The lowest BCUT2D eigenvalue weighted by Gasteiger charge is -2.24. The van der Waals surface area contributed by atoms with Crippen LogP contribution in [0.1, 0.15) is 19.4 Å². The first-order valence-corrected chi connectivity index (χ1v) is 8.50. The summed E-state index contributed by atoms with van der Waals surface area (Å²) in [7, 11) is 0. The van der Waals surface area contributed by atoms with E-state index in [2.05, 4.69) is 0 Å². The van der Waals surface area contributed by atoms with Gasteiger partial charge in [0.1, 0.15) is 23.7 Å². The van der Waals surface area contributed by atoms with Gasteiger partial charge in [-0.05, 0) is 50.2 Å². The predicted molar refractivity (Wildman–Crippen MR) is 100 cm³/mol. The van der Waals surface area contributed by atoms with E-state index in [4.69, 9.17) is 25.5 Å². The fraction of sp³-hybridized carbons (Fsp3) is 0.200.